The average Bonchev–Trinajstić information content (AvgIpc) is 3.04. The van der Waals surface area contributed by atoms with Crippen LogP contribution in [0.1, 0.15) is 38.5 Å². The number of fused-ring (bicyclic) bond motifs is 2. The number of nitrogens with one attached hydrogen (secondary N) is 1. The van der Waals surface area contributed by atoms with Crippen LogP contribution in [-0.2, 0) is 4.79 Å². The summed E-state index contributed by atoms with van der Waals surface area (Å²) in [7, 11) is 0. The van der Waals surface area contributed by atoms with E-state index in [1.807, 2.05) is 4.90 Å². The second-order valence-corrected chi connectivity index (χ2v) is 5.57. The van der Waals surface area contributed by atoms with Crippen LogP contribution >= 0.6 is 0 Å². The minimum Gasteiger partial charge on any atom is -0.478 e. The summed E-state index contributed by atoms with van der Waals surface area (Å²) in [5.41, 5.74) is 0.977. The van der Waals surface area contributed by atoms with Gasteiger partial charge in [-0.3, -0.25) is 0 Å². The molecule has 0 aromatic rings. The van der Waals surface area contributed by atoms with Gasteiger partial charge in [0.1, 0.15) is 0 Å². The molecule has 5 nitrogen and oxygen atoms in total. The minimum absolute atomic E-state index is 0.0550. The topological polar surface area (TPSA) is 69.6 Å². The molecule has 18 heavy (non-hydrogen) atoms. The Morgan fingerprint density at radius 1 is 1.17 bits per heavy atom. The van der Waals surface area contributed by atoms with Crippen molar-refractivity contribution in [2.45, 2.75) is 56.7 Å². The summed E-state index contributed by atoms with van der Waals surface area (Å²) >= 11 is 0. The number of carboxylic acid groups (broad SMARTS) is 1. The van der Waals surface area contributed by atoms with Crippen molar-refractivity contribution in [3.8, 4) is 0 Å². The standard InChI is InChI=1S/C13H18N2O3/c16-12(17)7-8-5-10-3-4-11(6-8)15(10)13(18)14-9-1-2-9/h7,9-11H,1-6H2,(H,14,18)(H,16,17). The monoisotopic (exact) mass is 250 g/mol. The van der Waals surface area contributed by atoms with E-state index in [4.69, 9.17) is 5.11 Å². The molecule has 0 spiro atoms. The lowest BCUT2D eigenvalue weighted by Gasteiger charge is -2.36. The van der Waals surface area contributed by atoms with Crippen molar-refractivity contribution in [3.63, 3.8) is 0 Å². The summed E-state index contributed by atoms with van der Waals surface area (Å²) < 4.78 is 0. The highest BCUT2D eigenvalue weighted by atomic mass is 16.4. The van der Waals surface area contributed by atoms with Crippen LogP contribution in [-0.4, -0.2) is 40.1 Å². The van der Waals surface area contributed by atoms with Crippen LogP contribution in [0.4, 0.5) is 4.79 Å². The first-order valence-corrected chi connectivity index (χ1v) is 6.64. The fourth-order valence-electron chi connectivity index (χ4n) is 3.15. The Bertz CT molecular complexity index is 398. The first-order chi connectivity index (χ1) is 8.63. The van der Waals surface area contributed by atoms with Crippen LogP contribution in [0, 0.1) is 0 Å². The summed E-state index contributed by atoms with van der Waals surface area (Å²) in [6.45, 7) is 0. The maximum atomic E-state index is 12.1. The van der Waals surface area contributed by atoms with Crippen LogP contribution in [0.3, 0.4) is 0 Å². The normalized spacial score (nSPS) is 30.2. The predicted octanol–water partition coefficient (Wildman–Crippen LogP) is 1.50. The van der Waals surface area contributed by atoms with E-state index in [-0.39, 0.29) is 18.1 Å². The van der Waals surface area contributed by atoms with E-state index >= 15 is 0 Å². The molecule has 2 N–H and O–H groups in total. The average molecular weight is 250 g/mol. The maximum absolute atomic E-state index is 12.1. The molecular formula is C13H18N2O3. The molecule has 2 atom stereocenters. The first-order valence-electron chi connectivity index (χ1n) is 6.64. The maximum Gasteiger partial charge on any atom is 0.328 e. The van der Waals surface area contributed by atoms with Crippen LogP contribution in [0.25, 0.3) is 0 Å². The van der Waals surface area contributed by atoms with E-state index in [2.05, 4.69) is 5.32 Å². The van der Waals surface area contributed by atoms with Gasteiger partial charge in [0.2, 0.25) is 0 Å². The summed E-state index contributed by atoms with van der Waals surface area (Å²) in [4.78, 5) is 24.8. The van der Waals surface area contributed by atoms with Gasteiger partial charge in [-0.1, -0.05) is 5.57 Å². The zero-order chi connectivity index (χ0) is 12.7. The van der Waals surface area contributed by atoms with Gasteiger partial charge in [-0.15, -0.1) is 0 Å². The van der Waals surface area contributed by atoms with Crippen molar-refractivity contribution in [2.75, 3.05) is 0 Å². The number of carbonyl (C=O) groups excluding carboxylic acids is 1. The quantitative estimate of drug-likeness (QED) is 0.730. The molecule has 2 amide bonds. The van der Waals surface area contributed by atoms with Gasteiger partial charge in [0, 0.05) is 24.2 Å². The molecule has 98 valence electrons. The molecule has 2 heterocycles. The highest BCUT2D eigenvalue weighted by molar-refractivity contribution is 5.81. The molecule has 3 fully saturated rings. The van der Waals surface area contributed by atoms with E-state index < -0.39 is 5.97 Å². The number of rotatable bonds is 2. The Kier molecular flexibility index (Phi) is 2.76. The van der Waals surface area contributed by atoms with Gasteiger partial charge < -0.3 is 15.3 Å². The largest absolute Gasteiger partial charge is 0.478 e. The molecule has 2 unspecified atom stereocenters. The van der Waals surface area contributed by atoms with Crippen molar-refractivity contribution < 1.29 is 14.7 Å². The van der Waals surface area contributed by atoms with Crippen LogP contribution in [0.15, 0.2) is 11.6 Å². The number of hydrogen-bond acceptors (Lipinski definition) is 2. The van der Waals surface area contributed by atoms with Gasteiger partial charge in [-0.05, 0) is 38.5 Å². The van der Waals surface area contributed by atoms with E-state index in [1.165, 1.54) is 6.08 Å². The Balaban J connectivity index is 1.68. The second-order valence-electron chi connectivity index (χ2n) is 5.57. The zero-order valence-corrected chi connectivity index (χ0v) is 10.3. The van der Waals surface area contributed by atoms with Gasteiger partial charge in [0.25, 0.3) is 0 Å². The smallest absolute Gasteiger partial charge is 0.328 e. The van der Waals surface area contributed by atoms with E-state index in [9.17, 15) is 9.59 Å². The Morgan fingerprint density at radius 2 is 1.78 bits per heavy atom. The number of amides is 2. The molecule has 3 aliphatic rings. The van der Waals surface area contributed by atoms with Crippen molar-refractivity contribution in [2.24, 2.45) is 0 Å². The summed E-state index contributed by atoms with van der Waals surface area (Å²) in [5.74, 6) is -0.875. The Hall–Kier alpha value is -1.52. The lowest BCUT2D eigenvalue weighted by Crippen LogP contribution is -2.50. The van der Waals surface area contributed by atoms with Crippen LogP contribution < -0.4 is 5.32 Å². The number of urea groups is 1. The fraction of sp³-hybridized carbons (Fsp3) is 0.692. The highest BCUT2D eigenvalue weighted by Gasteiger charge is 2.42. The molecular weight excluding hydrogens is 232 g/mol. The van der Waals surface area contributed by atoms with Gasteiger partial charge in [0.05, 0.1) is 0 Å². The Morgan fingerprint density at radius 3 is 2.28 bits per heavy atom. The first kappa shape index (κ1) is 11.6. The van der Waals surface area contributed by atoms with Gasteiger partial charge in [-0.25, -0.2) is 9.59 Å². The van der Waals surface area contributed by atoms with Crippen molar-refractivity contribution in [1.82, 2.24) is 10.2 Å². The third-order valence-electron chi connectivity index (χ3n) is 4.08. The number of carboxylic acids is 1. The molecule has 1 saturated carbocycles. The lowest BCUT2D eigenvalue weighted by molar-refractivity contribution is -0.131. The number of hydrogen-bond donors (Lipinski definition) is 2. The van der Waals surface area contributed by atoms with Crippen LogP contribution in [0.2, 0.25) is 0 Å². The molecule has 0 radical (unpaired) electrons. The molecule has 2 saturated heterocycles. The SMILES string of the molecule is O=C(O)C=C1CC2CCC(C1)N2C(=O)NC1CC1. The molecule has 5 heteroatoms. The zero-order valence-electron chi connectivity index (χ0n) is 10.3. The predicted molar refractivity (Wildman–Crippen MR) is 65.2 cm³/mol. The summed E-state index contributed by atoms with van der Waals surface area (Å²) in [5, 5.41) is 11.8. The molecule has 0 aromatic heterocycles. The third kappa shape index (κ3) is 2.21. The Labute approximate surface area is 106 Å². The second kappa shape index (κ2) is 4.30. The van der Waals surface area contributed by atoms with E-state index in [0.717, 1.165) is 44.1 Å². The molecule has 1 aliphatic carbocycles. The minimum atomic E-state index is -0.875. The summed E-state index contributed by atoms with van der Waals surface area (Å²) in [6.07, 6.45) is 6.96. The molecule has 2 aliphatic heterocycles. The van der Waals surface area contributed by atoms with Crippen molar-refractivity contribution in [1.29, 1.82) is 0 Å². The van der Waals surface area contributed by atoms with Gasteiger partial charge >= 0.3 is 12.0 Å². The molecule has 2 bridgehead atoms. The molecule has 3 rings (SSSR count). The van der Waals surface area contributed by atoms with Gasteiger partial charge in [-0.2, -0.15) is 0 Å². The number of carbonyl (C=O) groups is 2. The highest BCUT2D eigenvalue weighted by Crippen LogP contribution is 2.38. The third-order valence-corrected chi connectivity index (χ3v) is 4.08. The van der Waals surface area contributed by atoms with E-state index in [0.29, 0.717) is 6.04 Å². The van der Waals surface area contributed by atoms with Crippen molar-refractivity contribution >= 4 is 12.0 Å². The van der Waals surface area contributed by atoms with Gasteiger partial charge in [0.15, 0.2) is 0 Å². The van der Waals surface area contributed by atoms with E-state index in [1.54, 1.807) is 0 Å². The lowest BCUT2D eigenvalue weighted by atomic mass is 9.97. The number of piperidine rings is 1. The number of aliphatic carboxylic acids is 1. The molecule has 0 aromatic carbocycles. The fourth-order valence-corrected chi connectivity index (χ4v) is 3.15. The summed E-state index contributed by atoms with van der Waals surface area (Å²) in [6, 6.07) is 0.841. The van der Waals surface area contributed by atoms with Crippen molar-refractivity contribution in [3.05, 3.63) is 11.6 Å². The van der Waals surface area contributed by atoms with Crippen LogP contribution in [0.5, 0.6) is 0 Å². The number of nitrogens with zero attached hydrogens (tertiary/aromatic N) is 1.